The van der Waals surface area contributed by atoms with Gasteiger partial charge < -0.3 is 23.8 Å². The van der Waals surface area contributed by atoms with Crippen LogP contribution in [0.3, 0.4) is 0 Å². The van der Waals surface area contributed by atoms with Gasteiger partial charge in [0, 0.05) is 19.4 Å². The first-order valence-corrected chi connectivity index (χ1v) is 22.2. The molecule has 0 saturated carbocycles. The number of unbranched alkanes of at least 4 members (excludes halogenated alkanes) is 18. The normalized spacial score (nSPS) is 14.2. The number of hydrogen-bond acceptors (Lipinski definition) is 7. The Morgan fingerprint density at radius 3 is 1.52 bits per heavy atom. The minimum atomic E-state index is -0.0727. The molecule has 0 spiro atoms. The van der Waals surface area contributed by atoms with Crippen LogP contribution in [-0.4, -0.2) is 69.2 Å². The van der Waals surface area contributed by atoms with E-state index in [-0.39, 0.29) is 18.0 Å². The van der Waals surface area contributed by atoms with Gasteiger partial charge in [-0.2, -0.15) is 0 Å². The van der Waals surface area contributed by atoms with Crippen molar-refractivity contribution < 1.29 is 28.5 Å². The van der Waals surface area contributed by atoms with Gasteiger partial charge in [-0.05, 0) is 83.7 Å². The molecule has 7 heteroatoms. The fourth-order valence-corrected chi connectivity index (χ4v) is 6.78. The monoisotopic (exact) mass is 734 g/mol. The third kappa shape index (κ3) is 34.1. The highest BCUT2D eigenvalue weighted by atomic mass is 16.7. The van der Waals surface area contributed by atoms with Crippen molar-refractivity contribution >= 4 is 11.9 Å². The summed E-state index contributed by atoms with van der Waals surface area (Å²) < 4.78 is 22.8. The Morgan fingerprint density at radius 2 is 1.02 bits per heavy atom. The molecule has 7 nitrogen and oxygen atoms in total. The second-order valence-corrected chi connectivity index (χ2v) is 15.0. The Kier molecular flexibility index (Phi) is 36.2. The van der Waals surface area contributed by atoms with Crippen LogP contribution in [0.2, 0.25) is 0 Å². The van der Waals surface area contributed by atoms with Crippen LogP contribution >= 0.6 is 0 Å². The van der Waals surface area contributed by atoms with Gasteiger partial charge in [-0.1, -0.05) is 141 Å². The van der Waals surface area contributed by atoms with Crippen LogP contribution in [0, 0.1) is 0 Å². The average molecular weight is 734 g/mol. The van der Waals surface area contributed by atoms with Crippen LogP contribution < -0.4 is 0 Å². The summed E-state index contributed by atoms with van der Waals surface area (Å²) >= 11 is 0. The lowest BCUT2D eigenvalue weighted by Crippen LogP contribution is -2.22. The Labute approximate surface area is 321 Å². The smallest absolute Gasteiger partial charge is 0.306 e. The first kappa shape index (κ1) is 48.3. The maximum Gasteiger partial charge on any atom is 0.306 e. The molecule has 1 unspecified atom stereocenters. The molecule has 1 fully saturated rings. The van der Waals surface area contributed by atoms with Gasteiger partial charge in [0.25, 0.3) is 0 Å². The quantitative estimate of drug-likeness (QED) is 0.0269. The number of allylic oxidation sites excluding steroid dienone is 2. The second-order valence-electron chi connectivity index (χ2n) is 15.0. The van der Waals surface area contributed by atoms with Crippen molar-refractivity contribution in [3.63, 3.8) is 0 Å². The Balaban J connectivity index is 2.12. The number of likely N-dealkylation sites (tertiary alicyclic amines) is 1. The zero-order valence-corrected chi connectivity index (χ0v) is 34.2. The van der Waals surface area contributed by atoms with E-state index in [4.69, 9.17) is 18.9 Å². The van der Waals surface area contributed by atoms with Crippen LogP contribution in [0.25, 0.3) is 0 Å². The average Bonchev–Trinajstić information content (AvgIpc) is 3.67. The van der Waals surface area contributed by atoms with Gasteiger partial charge in [-0.15, -0.1) is 0 Å². The highest BCUT2D eigenvalue weighted by molar-refractivity contribution is 5.69. The molecule has 1 rings (SSSR count). The summed E-state index contributed by atoms with van der Waals surface area (Å²) in [5.74, 6) is -0.138. The fourth-order valence-electron chi connectivity index (χ4n) is 6.78. The van der Waals surface area contributed by atoms with Crippen LogP contribution in [0.5, 0.6) is 0 Å². The lowest BCUT2D eigenvalue weighted by molar-refractivity contribution is -0.143. The van der Waals surface area contributed by atoms with E-state index in [0.29, 0.717) is 32.8 Å². The van der Waals surface area contributed by atoms with Gasteiger partial charge in [-0.25, -0.2) is 0 Å². The van der Waals surface area contributed by atoms with Gasteiger partial charge in [0.1, 0.15) is 20.0 Å². The van der Waals surface area contributed by atoms with Crippen molar-refractivity contribution in [3.8, 4) is 0 Å². The number of nitrogens with zero attached hydrogens (tertiary/aromatic N) is 1. The summed E-state index contributed by atoms with van der Waals surface area (Å²) in [6.45, 7) is 10.1. The summed E-state index contributed by atoms with van der Waals surface area (Å²) in [5.41, 5.74) is 0. The molecule has 52 heavy (non-hydrogen) atoms. The molecule has 0 aliphatic carbocycles. The molecule has 0 aromatic rings. The van der Waals surface area contributed by atoms with Crippen LogP contribution in [0.1, 0.15) is 200 Å². The lowest BCUT2D eigenvalue weighted by atomic mass is 10.0. The van der Waals surface area contributed by atoms with Gasteiger partial charge in [0.15, 0.2) is 0 Å². The molecule has 0 aromatic heterocycles. The van der Waals surface area contributed by atoms with Gasteiger partial charge >= 0.3 is 11.9 Å². The fraction of sp³-hybridized carbons (Fsp3) is 0.867. The zero-order valence-electron chi connectivity index (χ0n) is 34.2. The van der Waals surface area contributed by atoms with Crippen molar-refractivity contribution in [1.82, 2.24) is 4.90 Å². The minimum absolute atomic E-state index is 0.0656. The number of carbonyl (C=O) groups excluding carboxylic acids is 2. The molecule has 0 N–H and O–H groups in total. The zero-order chi connectivity index (χ0) is 37.4. The van der Waals surface area contributed by atoms with Crippen molar-refractivity contribution in [3.05, 3.63) is 24.3 Å². The van der Waals surface area contributed by atoms with Crippen molar-refractivity contribution in [2.75, 3.05) is 46.2 Å². The number of esters is 2. The third-order valence-corrected chi connectivity index (χ3v) is 10.1. The Hall–Kier alpha value is -1.70. The molecule has 0 amide bonds. The van der Waals surface area contributed by atoms with Gasteiger partial charge in [0.05, 0.1) is 12.7 Å². The summed E-state index contributed by atoms with van der Waals surface area (Å²) in [7, 11) is 0. The molecule has 1 heterocycles. The van der Waals surface area contributed by atoms with E-state index in [1.807, 2.05) is 12.2 Å². The summed E-state index contributed by atoms with van der Waals surface area (Å²) in [5, 5.41) is 0. The van der Waals surface area contributed by atoms with E-state index in [0.717, 1.165) is 83.8 Å². The number of ether oxygens (including phenoxy) is 4. The predicted molar refractivity (Wildman–Crippen MR) is 218 cm³/mol. The molecule has 1 saturated heterocycles. The molecule has 0 radical (unpaired) electrons. The first-order valence-electron chi connectivity index (χ1n) is 22.2. The lowest BCUT2D eigenvalue weighted by Gasteiger charge is -2.19. The maximum atomic E-state index is 12.0. The van der Waals surface area contributed by atoms with Crippen LogP contribution in [0.4, 0.5) is 0 Å². The summed E-state index contributed by atoms with van der Waals surface area (Å²) in [6.07, 6.45) is 41.4. The maximum absolute atomic E-state index is 12.0. The van der Waals surface area contributed by atoms with Crippen molar-refractivity contribution in [2.24, 2.45) is 0 Å². The summed E-state index contributed by atoms with van der Waals surface area (Å²) in [4.78, 5) is 26.6. The topological polar surface area (TPSA) is 74.3 Å². The molecule has 0 bridgehead atoms. The van der Waals surface area contributed by atoms with Crippen LogP contribution in [0.15, 0.2) is 24.3 Å². The molecule has 0 aromatic carbocycles. The van der Waals surface area contributed by atoms with E-state index < -0.39 is 0 Å². The number of hydrogen-bond donors (Lipinski definition) is 0. The number of carbonyl (C=O) groups is 2. The SMILES string of the molecule is CCCCCC/C=C\COC(=O)CCCCCCCCCC(CCCCCCCC(=O)OC/C=C\CCCCCC)OCOCCCN1CCCC1. The van der Waals surface area contributed by atoms with E-state index >= 15 is 0 Å². The van der Waals surface area contributed by atoms with E-state index in [2.05, 4.69) is 30.9 Å². The van der Waals surface area contributed by atoms with Gasteiger partial charge in [-0.3, -0.25) is 9.59 Å². The highest BCUT2D eigenvalue weighted by Crippen LogP contribution is 2.18. The minimum Gasteiger partial charge on any atom is -0.461 e. The molecule has 1 atom stereocenters. The second kappa shape index (κ2) is 39.0. The van der Waals surface area contributed by atoms with E-state index in [1.165, 1.54) is 116 Å². The van der Waals surface area contributed by atoms with Gasteiger partial charge in [0.2, 0.25) is 0 Å². The highest BCUT2D eigenvalue weighted by Gasteiger charge is 2.12. The third-order valence-electron chi connectivity index (χ3n) is 10.1. The Bertz CT molecular complexity index is 840. The molecule has 1 aliphatic rings. The molecular formula is C45H83NO6. The molecule has 1 aliphatic heterocycles. The standard InChI is InChI=1S/C45H83NO6/c1-3-5-7-9-14-21-29-40-50-44(47)34-25-19-13-11-12-17-23-32-43(52-42-49-39-31-38-46-36-27-28-37-46)33-24-18-16-20-26-35-45(48)51-41-30-22-15-10-8-6-4-2/h21-22,29-30,43H,3-20,23-28,31-42H2,1-2H3/b29-21-,30-22-. The predicted octanol–water partition coefficient (Wildman–Crippen LogP) is 12.2. The largest absolute Gasteiger partial charge is 0.461 e. The number of rotatable bonds is 39. The first-order chi connectivity index (χ1) is 25.7. The Morgan fingerprint density at radius 1 is 0.558 bits per heavy atom. The molecule has 304 valence electrons. The van der Waals surface area contributed by atoms with Crippen molar-refractivity contribution in [2.45, 2.75) is 206 Å². The molecular weight excluding hydrogens is 650 g/mol. The van der Waals surface area contributed by atoms with Crippen molar-refractivity contribution in [1.29, 1.82) is 0 Å². The van der Waals surface area contributed by atoms with Crippen LogP contribution in [-0.2, 0) is 28.5 Å². The summed E-state index contributed by atoms with van der Waals surface area (Å²) in [6, 6.07) is 0. The van der Waals surface area contributed by atoms with E-state index in [1.54, 1.807) is 0 Å². The van der Waals surface area contributed by atoms with E-state index in [9.17, 15) is 9.59 Å².